The molecule has 3 nitrogen and oxygen atoms in total. The highest BCUT2D eigenvalue weighted by molar-refractivity contribution is 5.68. The molecule has 6 heteroatoms. The van der Waals surface area contributed by atoms with E-state index in [9.17, 15) is 18.0 Å². The fourth-order valence-electron chi connectivity index (χ4n) is 1.83. The van der Waals surface area contributed by atoms with E-state index in [-0.39, 0.29) is 12.0 Å². The number of halogens is 3. The van der Waals surface area contributed by atoms with Crippen LogP contribution in [0.1, 0.15) is 43.7 Å². The zero-order valence-electron chi connectivity index (χ0n) is 11.3. The Bertz CT molecular complexity index is 469. The van der Waals surface area contributed by atoms with Crippen LogP contribution in [0.4, 0.5) is 13.2 Å². The van der Waals surface area contributed by atoms with Gasteiger partial charge in [0.2, 0.25) is 0 Å². The lowest BCUT2D eigenvalue weighted by molar-refractivity contribution is -0.138. The van der Waals surface area contributed by atoms with Crippen LogP contribution in [0.15, 0.2) is 18.2 Å². The number of hydrogen-bond donors (Lipinski definition) is 1. The van der Waals surface area contributed by atoms with Gasteiger partial charge in [-0.2, -0.15) is 13.2 Å². The van der Waals surface area contributed by atoms with Crippen LogP contribution in [0.5, 0.6) is 5.75 Å². The van der Waals surface area contributed by atoms with Crippen molar-refractivity contribution < 1.29 is 27.8 Å². The maximum atomic E-state index is 12.7. The van der Waals surface area contributed by atoms with Gasteiger partial charge in [0.05, 0.1) is 18.6 Å². The molecule has 1 aromatic carbocycles. The number of carboxylic acid groups (broad SMARTS) is 1. The number of benzene rings is 1. The van der Waals surface area contributed by atoms with Gasteiger partial charge in [0.1, 0.15) is 5.75 Å². The first-order valence-corrected chi connectivity index (χ1v) is 6.31. The van der Waals surface area contributed by atoms with E-state index in [2.05, 4.69) is 0 Å². The summed E-state index contributed by atoms with van der Waals surface area (Å²) in [6.07, 6.45) is -3.99. The van der Waals surface area contributed by atoms with E-state index in [1.54, 1.807) is 6.92 Å². The van der Waals surface area contributed by atoms with Crippen molar-refractivity contribution in [2.45, 2.75) is 38.8 Å². The lowest BCUT2D eigenvalue weighted by atomic mass is 9.95. The van der Waals surface area contributed by atoms with Crippen molar-refractivity contribution in [2.24, 2.45) is 0 Å². The van der Waals surface area contributed by atoms with Crippen molar-refractivity contribution in [1.82, 2.24) is 0 Å². The zero-order chi connectivity index (χ0) is 15.3. The third-order valence-corrected chi connectivity index (χ3v) is 2.81. The molecular weight excluding hydrogens is 273 g/mol. The Balaban J connectivity index is 3.15. The molecule has 20 heavy (non-hydrogen) atoms. The van der Waals surface area contributed by atoms with Crippen LogP contribution in [-0.2, 0) is 11.0 Å². The summed E-state index contributed by atoms with van der Waals surface area (Å²) in [5, 5.41) is 8.78. The Morgan fingerprint density at radius 1 is 1.40 bits per heavy atom. The molecule has 0 amide bonds. The van der Waals surface area contributed by atoms with E-state index in [1.807, 2.05) is 6.92 Å². The minimum atomic E-state index is -4.46. The zero-order valence-corrected chi connectivity index (χ0v) is 11.3. The fraction of sp³-hybridized carbons (Fsp3) is 0.500. The fourth-order valence-corrected chi connectivity index (χ4v) is 1.83. The third-order valence-electron chi connectivity index (χ3n) is 2.81. The average molecular weight is 290 g/mol. The van der Waals surface area contributed by atoms with Crippen molar-refractivity contribution in [1.29, 1.82) is 0 Å². The molecule has 1 atom stereocenters. The lowest BCUT2D eigenvalue weighted by Crippen LogP contribution is -2.10. The average Bonchev–Trinajstić information content (AvgIpc) is 2.34. The highest BCUT2D eigenvalue weighted by Gasteiger charge is 2.32. The summed E-state index contributed by atoms with van der Waals surface area (Å²) in [6, 6.07) is 3.17. The molecule has 112 valence electrons. The van der Waals surface area contributed by atoms with Gasteiger partial charge in [-0.05, 0) is 36.1 Å². The van der Waals surface area contributed by atoms with Crippen LogP contribution in [0.2, 0.25) is 0 Å². The Morgan fingerprint density at radius 2 is 2.05 bits per heavy atom. The maximum absolute atomic E-state index is 12.7. The van der Waals surface area contributed by atoms with Crippen molar-refractivity contribution in [3.63, 3.8) is 0 Å². The number of carbonyl (C=O) groups is 1. The summed E-state index contributed by atoms with van der Waals surface area (Å²) < 4.78 is 43.6. The van der Waals surface area contributed by atoms with Crippen LogP contribution in [0.3, 0.4) is 0 Å². The van der Waals surface area contributed by atoms with Crippen LogP contribution < -0.4 is 4.74 Å². The number of carboxylic acids is 1. The number of hydrogen-bond acceptors (Lipinski definition) is 2. The normalized spacial score (nSPS) is 13.1. The molecule has 0 radical (unpaired) electrons. The van der Waals surface area contributed by atoms with E-state index in [0.29, 0.717) is 18.8 Å². The van der Waals surface area contributed by atoms with Gasteiger partial charge in [0.15, 0.2) is 0 Å². The topological polar surface area (TPSA) is 46.5 Å². The van der Waals surface area contributed by atoms with E-state index >= 15 is 0 Å². The number of aliphatic carboxylic acids is 1. The standard InChI is InChI=1S/C14H17F3O3/c1-3-6-20-12-5-4-10(14(15,16)17)8-11(12)9(2)7-13(18)19/h4-5,8-9H,3,6-7H2,1-2H3,(H,18,19). The van der Waals surface area contributed by atoms with Gasteiger partial charge >= 0.3 is 12.1 Å². The van der Waals surface area contributed by atoms with Crippen LogP contribution in [0.25, 0.3) is 0 Å². The van der Waals surface area contributed by atoms with Gasteiger partial charge in [0.25, 0.3) is 0 Å². The Kier molecular flexibility index (Phi) is 5.42. The molecule has 0 saturated carbocycles. The first-order chi connectivity index (χ1) is 9.25. The largest absolute Gasteiger partial charge is 0.493 e. The Labute approximate surface area is 115 Å². The first-order valence-electron chi connectivity index (χ1n) is 6.31. The van der Waals surface area contributed by atoms with Gasteiger partial charge in [-0.3, -0.25) is 4.79 Å². The Hall–Kier alpha value is -1.72. The predicted octanol–water partition coefficient (Wildman–Crippen LogP) is 4.07. The molecule has 0 aliphatic heterocycles. The third kappa shape index (κ3) is 4.43. The summed E-state index contributed by atoms with van der Waals surface area (Å²) >= 11 is 0. The minimum absolute atomic E-state index is 0.246. The van der Waals surface area contributed by atoms with E-state index in [4.69, 9.17) is 9.84 Å². The molecule has 0 aliphatic carbocycles. The lowest BCUT2D eigenvalue weighted by Gasteiger charge is -2.18. The summed E-state index contributed by atoms with van der Waals surface area (Å²) in [7, 11) is 0. The summed E-state index contributed by atoms with van der Waals surface area (Å²) in [4.78, 5) is 10.7. The van der Waals surface area contributed by atoms with Crippen LogP contribution in [-0.4, -0.2) is 17.7 Å². The molecule has 0 spiro atoms. The summed E-state index contributed by atoms with van der Waals surface area (Å²) in [5.41, 5.74) is -0.524. The monoisotopic (exact) mass is 290 g/mol. The van der Waals surface area contributed by atoms with Crippen LogP contribution in [0, 0.1) is 0 Å². The number of rotatable bonds is 6. The molecule has 0 fully saturated rings. The smallest absolute Gasteiger partial charge is 0.416 e. The SMILES string of the molecule is CCCOc1ccc(C(F)(F)F)cc1C(C)CC(=O)O. The molecule has 1 aromatic rings. The van der Waals surface area contributed by atoms with Gasteiger partial charge in [0, 0.05) is 0 Å². The van der Waals surface area contributed by atoms with Gasteiger partial charge < -0.3 is 9.84 Å². The second kappa shape index (κ2) is 6.63. The molecule has 0 saturated heterocycles. The molecule has 1 N–H and O–H groups in total. The maximum Gasteiger partial charge on any atom is 0.416 e. The van der Waals surface area contributed by atoms with Crippen molar-refractivity contribution >= 4 is 5.97 Å². The van der Waals surface area contributed by atoms with Crippen molar-refractivity contribution in [3.05, 3.63) is 29.3 Å². The summed E-state index contributed by atoms with van der Waals surface area (Å²) in [6.45, 7) is 3.82. The van der Waals surface area contributed by atoms with Gasteiger partial charge in [-0.1, -0.05) is 13.8 Å². The van der Waals surface area contributed by atoms with E-state index in [1.165, 1.54) is 6.07 Å². The molecule has 0 heterocycles. The number of ether oxygens (including phenoxy) is 1. The first kappa shape index (κ1) is 16.3. The van der Waals surface area contributed by atoms with Crippen molar-refractivity contribution in [3.8, 4) is 5.75 Å². The number of alkyl halides is 3. The van der Waals surface area contributed by atoms with Gasteiger partial charge in [-0.25, -0.2) is 0 Å². The van der Waals surface area contributed by atoms with Crippen molar-refractivity contribution in [2.75, 3.05) is 6.61 Å². The van der Waals surface area contributed by atoms with E-state index in [0.717, 1.165) is 12.1 Å². The summed E-state index contributed by atoms with van der Waals surface area (Å²) in [5.74, 6) is -1.30. The second-order valence-corrected chi connectivity index (χ2v) is 4.60. The second-order valence-electron chi connectivity index (χ2n) is 4.60. The quantitative estimate of drug-likeness (QED) is 0.859. The van der Waals surface area contributed by atoms with E-state index < -0.39 is 23.6 Å². The molecular formula is C14H17F3O3. The molecule has 0 aromatic heterocycles. The van der Waals surface area contributed by atoms with Gasteiger partial charge in [-0.15, -0.1) is 0 Å². The predicted molar refractivity (Wildman–Crippen MR) is 67.9 cm³/mol. The molecule has 0 bridgehead atoms. The highest BCUT2D eigenvalue weighted by atomic mass is 19.4. The molecule has 0 aliphatic rings. The molecule has 1 rings (SSSR count). The Morgan fingerprint density at radius 3 is 2.55 bits per heavy atom. The molecule has 1 unspecified atom stereocenters. The minimum Gasteiger partial charge on any atom is -0.493 e. The van der Waals surface area contributed by atoms with Crippen LogP contribution >= 0.6 is 0 Å². The highest BCUT2D eigenvalue weighted by Crippen LogP contribution is 2.36.